The van der Waals surface area contributed by atoms with Gasteiger partial charge < -0.3 is 5.11 Å². The summed E-state index contributed by atoms with van der Waals surface area (Å²) in [5, 5.41) is 14.8. The predicted molar refractivity (Wildman–Crippen MR) is 87.7 cm³/mol. The molecule has 0 saturated heterocycles. The third kappa shape index (κ3) is 2.33. The second kappa shape index (κ2) is 5.17. The third-order valence-corrected chi connectivity index (χ3v) is 5.25. The lowest BCUT2D eigenvalue weighted by molar-refractivity contribution is 0.246. The van der Waals surface area contributed by atoms with Crippen LogP contribution in [0.2, 0.25) is 0 Å². The molecule has 0 spiro atoms. The molecule has 4 rings (SSSR count). The molecule has 3 aromatic rings. The molecule has 21 heavy (non-hydrogen) atoms. The van der Waals surface area contributed by atoms with Gasteiger partial charge in [-0.05, 0) is 40.3 Å². The summed E-state index contributed by atoms with van der Waals surface area (Å²) in [6.07, 6.45) is 1.12. The molecule has 2 nitrogen and oxygen atoms in total. The SMILES string of the molecule is Oc1ccc2ccccc2c1CN1CCc2ccsc2C1. The summed E-state index contributed by atoms with van der Waals surface area (Å²) >= 11 is 1.84. The summed E-state index contributed by atoms with van der Waals surface area (Å²) in [5.41, 5.74) is 2.55. The number of benzene rings is 2. The van der Waals surface area contributed by atoms with E-state index < -0.39 is 0 Å². The highest BCUT2D eigenvalue weighted by Crippen LogP contribution is 2.31. The molecule has 0 amide bonds. The number of fused-ring (bicyclic) bond motifs is 2. The van der Waals surface area contributed by atoms with Crippen molar-refractivity contribution in [3.05, 3.63) is 63.8 Å². The average molecular weight is 295 g/mol. The molecule has 3 heteroatoms. The Labute approximate surface area is 128 Å². The maximum atomic E-state index is 10.3. The monoisotopic (exact) mass is 295 g/mol. The number of phenolic OH excluding ortho intramolecular Hbond substituents is 1. The van der Waals surface area contributed by atoms with Crippen LogP contribution in [0.15, 0.2) is 47.8 Å². The van der Waals surface area contributed by atoms with Crippen molar-refractivity contribution in [2.45, 2.75) is 19.5 Å². The van der Waals surface area contributed by atoms with E-state index >= 15 is 0 Å². The highest BCUT2D eigenvalue weighted by molar-refractivity contribution is 7.10. The first-order chi connectivity index (χ1) is 10.3. The van der Waals surface area contributed by atoms with Crippen molar-refractivity contribution in [3.63, 3.8) is 0 Å². The van der Waals surface area contributed by atoms with E-state index in [1.54, 1.807) is 0 Å². The van der Waals surface area contributed by atoms with Gasteiger partial charge in [0.15, 0.2) is 0 Å². The van der Waals surface area contributed by atoms with E-state index in [0.29, 0.717) is 5.75 Å². The summed E-state index contributed by atoms with van der Waals surface area (Å²) in [4.78, 5) is 3.90. The predicted octanol–water partition coefficient (Wildman–Crippen LogP) is 4.17. The van der Waals surface area contributed by atoms with Crippen LogP contribution in [0.5, 0.6) is 5.75 Å². The van der Waals surface area contributed by atoms with E-state index in [1.165, 1.54) is 15.8 Å². The van der Waals surface area contributed by atoms with Crippen LogP contribution < -0.4 is 0 Å². The van der Waals surface area contributed by atoms with Crippen molar-refractivity contribution in [2.24, 2.45) is 0 Å². The molecule has 106 valence electrons. The minimum absolute atomic E-state index is 0.408. The molecular weight excluding hydrogens is 278 g/mol. The van der Waals surface area contributed by atoms with Gasteiger partial charge in [0.25, 0.3) is 0 Å². The standard InChI is InChI=1S/C18H17NOS/c20-17-6-5-13-3-1-2-4-15(13)16(17)11-19-9-7-14-8-10-21-18(14)12-19/h1-6,8,10,20H,7,9,11-12H2. The van der Waals surface area contributed by atoms with Crippen LogP contribution in [0.25, 0.3) is 10.8 Å². The Bertz CT molecular complexity index is 793. The van der Waals surface area contributed by atoms with Crippen LogP contribution in [-0.2, 0) is 19.5 Å². The Morgan fingerprint density at radius 3 is 2.95 bits per heavy atom. The van der Waals surface area contributed by atoms with Gasteiger partial charge in [-0.2, -0.15) is 0 Å². The van der Waals surface area contributed by atoms with Crippen LogP contribution in [0.4, 0.5) is 0 Å². The summed E-state index contributed by atoms with van der Waals surface area (Å²) in [7, 11) is 0. The summed E-state index contributed by atoms with van der Waals surface area (Å²) in [5.74, 6) is 0.408. The van der Waals surface area contributed by atoms with E-state index in [0.717, 1.165) is 37.0 Å². The van der Waals surface area contributed by atoms with Gasteiger partial charge >= 0.3 is 0 Å². The number of hydrogen-bond donors (Lipinski definition) is 1. The van der Waals surface area contributed by atoms with Crippen LogP contribution in [-0.4, -0.2) is 16.6 Å². The van der Waals surface area contributed by atoms with E-state index in [-0.39, 0.29) is 0 Å². The zero-order valence-electron chi connectivity index (χ0n) is 11.7. The topological polar surface area (TPSA) is 23.5 Å². The Balaban J connectivity index is 1.67. The van der Waals surface area contributed by atoms with E-state index in [4.69, 9.17) is 0 Å². The van der Waals surface area contributed by atoms with E-state index in [9.17, 15) is 5.11 Å². The summed E-state index contributed by atoms with van der Waals surface area (Å²) in [6.45, 7) is 2.87. The van der Waals surface area contributed by atoms with Crippen LogP contribution in [0.1, 0.15) is 16.0 Å². The third-order valence-electron chi connectivity index (χ3n) is 4.30. The Morgan fingerprint density at radius 2 is 2.00 bits per heavy atom. The fraction of sp³-hybridized carbons (Fsp3) is 0.222. The van der Waals surface area contributed by atoms with Crippen molar-refractivity contribution in [2.75, 3.05) is 6.54 Å². The van der Waals surface area contributed by atoms with Gasteiger partial charge in [0, 0.05) is 30.1 Å². The minimum atomic E-state index is 0.408. The lowest BCUT2D eigenvalue weighted by Crippen LogP contribution is -2.29. The second-order valence-electron chi connectivity index (χ2n) is 5.61. The molecule has 0 fully saturated rings. The van der Waals surface area contributed by atoms with Crippen molar-refractivity contribution < 1.29 is 5.11 Å². The second-order valence-corrected chi connectivity index (χ2v) is 6.61. The Morgan fingerprint density at radius 1 is 1.10 bits per heavy atom. The molecule has 1 aromatic heterocycles. The molecule has 1 aliphatic rings. The molecule has 0 bridgehead atoms. The van der Waals surface area contributed by atoms with Gasteiger partial charge in [0.1, 0.15) is 5.75 Å². The van der Waals surface area contributed by atoms with Gasteiger partial charge in [0.05, 0.1) is 0 Å². The first-order valence-electron chi connectivity index (χ1n) is 7.28. The van der Waals surface area contributed by atoms with Gasteiger partial charge in [-0.25, -0.2) is 0 Å². The maximum Gasteiger partial charge on any atom is 0.120 e. The van der Waals surface area contributed by atoms with Crippen LogP contribution >= 0.6 is 11.3 Å². The van der Waals surface area contributed by atoms with Crippen molar-refractivity contribution in [1.29, 1.82) is 0 Å². The molecule has 0 radical (unpaired) electrons. The van der Waals surface area contributed by atoms with Crippen LogP contribution in [0, 0.1) is 0 Å². The number of nitrogens with zero attached hydrogens (tertiary/aromatic N) is 1. The molecule has 0 unspecified atom stereocenters. The zero-order chi connectivity index (χ0) is 14.2. The quantitative estimate of drug-likeness (QED) is 0.767. The molecular formula is C18H17NOS. The molecule has 2 aromatic carbocycles. The zero-order valence-corrected chi connectivity index (χ0v) is 12.6. The fourth-order valence-corrected chi connectivity index (χ4v) is 4.11. The smallest absolute Gasteiger partial charge is 0.120 e. The number of thiophene rings is 1. The van der Waals surface area contributed by atoms with Gasteiger partial charge in [0.2, 0.25) is 0 Å². The highest BCUT2D eigenvalue weighted by atomic mass is 32.1. The van der Waals surface area contributed by atoms with E-state index in [2.05, 4.69) is 28.5 Å². The number of hydrogen-bond acceptors (Lipinski definition) is 3. The largest absolute Gasteiger partial charge is 0.508 e. The number of rotatable bonds is 2. The summed E-state index contributed by atoms with van der Waals surface area (Å²) in [6, 6.07) is 14.3. The number of phenols is 1. The van der Waals surface area contributed by atoms with Crippen molar-refractivity contribution >= 4 is 22.1 Å². The first-order valence-corrected chi connectivity index (χ1v) is 8.16. The highest BCUT2D eigenvalue weighted by Gasteiger charge is 2.19. The van der Waals surface area contributed by atoms with Crippen molar-refractivity contribution in [3.8, 4) is 5.75 Å². The normalized spacial score (nSPS) is 15.2. The first kappa shape index (κ1) is 12.9. The minimum Gasteiger partial charge on any atom is -0.508 e. The van der Waals surface area contributed by atoms with Gasteiger partial charge in [-0.15, -0.1) is 11.3 Å². The summed E-state index contributed by atoms with van der Waals surface area (Å²) < 4.78 is 0. The molecule has 1 N–H and O–H groups in total. The number of aromatic hydroxyl groups is 1. The molecule has 0 saturated carbocycles. The van der Waals surface area contributed by atoms with Gasteiger partial charge in [-0.1, -0.05) is 30.3 Å². The Kier molecular flexibility index (Phi) is 3.17. The van der Waals surface area contributed by atoms with Crippen LogP contribution in [0.3, 0.4) is 0 Å². The molecule has 0 atom stereocenters. The lowest BCUT2D eigenvalue weighted by atomic mass is 10.0. The maximum absolute atomic E-state index is 10.3. The molecule has 1 aliphatic heterocycles. The van der Waals surface area contributed by atoms with E-state index in [1.807, 2.05) is 35.6 Å². The molecule has 0 aliphatic carbocycles. The molecule has 2 heterocycles. The van der Waals surface area contributed by atoms with Gasteiger partial charge in [-0.3, -0.25) is 4.90 Å². The fourth-order valence-electron chi connectivity index (χ4n) is 3.14. The average Bonchev–Trinajstić information content (AvgIpc) is 2.98. The van der Waals surface area contributed by atoms with Crippen molar-refractivity contribution in [1.82, 2.24) is 4.90 Å². The Hall–Kier alpha value is -1.84. The lowest BCUT2D eigenvalue weighted by Gasteiger charge is -2.27.